The summed E-state index contributed by atoms with van der Waals surface area (Å²) in [6.07, 6.45) is -0.514. The maximum atomic E-state index is 13.1. The summed E-state index contributed by atoms with van der Waals surface area (Å²) in [6, 6.07) is 10.9. The number of aliphatic hydroxyl groups is 1. The van der Waals surface area contributed by atoms with Crippen molar-refractivity contribution in [3.05, 3.63) is 69.5 Å². The van der Waals surface area contributed by atoms with E-state index >= 15 is 0 Å². The van der Waals surface area contributed by atoms with Gasteiger partial charge in [-0.2, -0.15) is 0 Å². The van der Waals surface area contributed by atoms with Crippen LogP contribution in [0.3, 0.4) is 0 Å². The van der Waals surface area contributed by atoms with E-state index in [1.165, 1.54) is 12.1 Å². The van der Waals surface area contributed by atoms with Gasteiger partial charge in [-0.15, -0.1) is 0 Å². The van der Waals surface area contributed by atoms with Crippen molar-refractivity contribution in [1.29, 1.82) is 0 Å². The molecule has 1 unspecified atom stereocenters. The number of hydrogen-bond donors (Lipinski definition) is 1. The lowest BCUT2D eigenvalue weighted by Gasteiger charge is -2.12. The molecule has 0 spiro atoms. The molecule has 0 aliphatic carbocycles. The van der Waals surface area contributed by atoms with Crippen molar-refractivity contribution in [3.8, 4) is 0 Å². The van der Waals surface area contributed by atoms with Gasteiger partial charge in [-0.3, -0.25) is 0 Å². The van der Waals surface area contributed by atoms with E-state index in [-0.39, 0.29) is 5.82 Å². The summed E-state index contributed by atoms with van der Waals surface area (Å²) in [5.41, 5.74) is 1.26. The Bertz CT molecular complexity index is 557. The summed E-state index contributed by atoms with van der Waals surface area (Å²) in [4.78, 5) is 0. The molecule has 0 aliphatic heterocycles. The molecule has 0 bridgehead atoms. The van der Waals surface area contributed by atoms with Crippen molar-refractivity contribution < 1.29 is 9.50 Å². The van der Waals surface area contributed by atoms with Gasteiger partial charge in [0.2, 0.25) is 0 Å². The van der Waals surface area contributed by atoms with Gasteiger partial charge in [0.15, 0.2) is 0 Å². The highest BCUT2D eigenvalue weighted by molar-refractivity contribution is 6.33. The molecule has 1 atom stereocenters. The van der Waals surface area contributed by atoms with Gasteiger partial charge < -0.3 is 5.11 Å². The molecule has 2 rings (SSSR count). The van der Waals surface area contributed by atoms with Crippen LogP contribution in [-0.4, -0.2) is 5.11 Å². The van der Waals surface area contributed by atoms with Crippen molar-refractivity contribution in [1.82, 2.24) is 0 Å². The van der Waals surface area contributed by atoms with Gasteiger partial charge in [0, 0.05) is 16.5 Å². The predicted molar refractivity (Wildman–Crippen MR) is 71.5 cm³/mol. The van der Waals surface area contributed by atoms with Gasteiger partial charge in [0.05, 0.1) is 6.10 Å². The van der Waals surface area contributed by atoms with Crippen LogP contribution in [-0.2, 0) is 6.42 Å². The smallest absolute Gasteiger partial charge is 0.123 e. The minimum atomic E-state index is -0.809. The van der Waals surface area contributed by atoms with E-state index in [0.29, 0.717) is 22.0 Å². The van der Waals surface area contributed by atoms with Crippen LogP contribution in [0.1, 0.15) is 17.2 Å². The monoisotopic (exact) mass is 284 g/mol. The zero-order chi connectivity index (χ0) is 13.1. The van der Waals surface area contributed by atoms with Crippen LogP contribution in [0.25, 0.3) is 0 Å². The van der Waals surface area contributed by atoms with E-state index in [2.05, 4.69) is 0 Å². The molecule has 2 aromatic carbocycles. The second-order valence-corrected chi connectivity index (χ2v) is 4.85. The van der Waals surface area contributed by atoms with Crippen molar-refractivity contribution in [2.45, 2.75) is 12.5 Å². The molecule has 1 N–H and O–H groups in total. The Morgan fingerprint density at radius 1 is 1.11 bits per heavy atom. The van der Waals surface area contributed by atoms with Gasteiger partial charge >= 0.3 is 0 Å². The first-order chi connectivity index (χ1) is 8.56. The third-order valence-corrected chi connectivity index (χ3v) is 3.26. The lowest BCUT2D eigenvalue weighted by atomic mass is 10.0. The third kappa shape index (κ3) is 3.22. The summed E-state index contributed by atoms with van der Waals surface area (Å²) < 4.78 is 13.1. The van der Waals surface area contributed by atoms with E-state index < -0.39 is 6.10 Å². The molecule has 0 amide bonds. The summed E-state index contributed by atoms with van der Waals surface area (Å²) in [7, 11) is 0. The van der Waals surface area contributed by atoms with E-state index in [0.717, 1.165) is 5.56 Å². The fraction of sp³-hybridized carbons (Fsp3) is 0.143. The molecule has 0 saturated carbocycles. The zero-order valence-corrected chi connectivity index (χ0v) is 10.9. The number of hydrogen-bond acceptors (Lipinski definition) is 1. The molecule has 2 aromatic rings. The Morgan fingerprint density at radius 2 is 1.89 bits per heavy atom. The van der Waals surface area contributed by atoms with E-state index in [1.54, 1.807) is 30.3 Å². The van der Waals surface area contributed by atoms with Crippen LogP contribution in [0.2, 0.25) is 10.0 Å². The molecule has 0 aromatic heterocycles. The van der Waals surface area contributed by atoms with E-state index in [4.69, 9.17) is 23.2 Å². The first kappa shape index (κ1) is 13.3. The highest BCUT2D eigenvalue weighted by Gasteiger charge is 2.12. The number of rotatable bonds is 3. The Hall–Kier alpha value is -1.09. The standard InChI is InChI=1S/C14H11Cl2FO/c15-11-4-5-13(16)10(6-11)8-14(18)9-2-1-3-12(17)7-9/h1-7,14,18H,8H2. The molecular formula is C14H11Cl2FO. The molecule has 18 heavy (non-hydrogen) atoms. The first-order valence-electron chi connectivity index (χ1n) is 5.44. The fourth-order valence-electron chi connectivity index (χ4n) is 1.74. The Labute approximate surface area is 115 Å². The third-order valence-electron chi connectivity index (χ3n) is 2.65. The molecule has 0 saturated heterocycles. The van der Waals surface area contributed by atoms with Crippen molar-refractivity contribution in [3.63, 3.8) is 0 Å². The Morgan fingerprint density at radius 3 is 2.61 bits per heavy atom. The van der Waals surface area contributed by atoms with Crippen LogP contribution < -0.4 is 0 Å². The van der Waals surface area contributed by atoms with Crippen molar-refractivity contribution >= 4 is 23.2 Å². The van der Waals surface area contributed by atoms with Gasteiger partial charge in [-0.1, -0.05) is 35.3 Å². The number of aliphatic hydroxyl groups excluding tert-OH is 1. The number of halogens is 3. The van der Waals surface area contributed by atoms with Gasteiger partial charge in [0.25, 0.3) is 0 Å². The Kier molecular flexibility index (Phi) is 4.23. The van der Waals surface area contributed by atoms with E-state index in [1.807, 2.05) is 0 Å². The normalized spacial score (nSPS) is 12.4. The minimum Gasteiger partial charge on any atom is -0.388 e. The van der Waals surface area contributed by atoms with Crippen LogP contribution >= 0.6 is 23.2 Å². The summed E-state index contributed by atoms with van der Waals surface area (Å²) in [5.74, 6) is -0.372. The highest BCUT2D eigenvalue weighted by atomic mass is 35.5. The topological polar surface area (TPSA) is 20.2 Å². The summed E-state index contributed by atoms with van der Waals surface area (Å²) in [5, 5.41) is 11.1. The molecule has 4 heteroatoms. The lowest BCUT2D eigenvalue weighted by Crippen LogP contribution is -2.02. The molecule has 0 radical (unpaired) electrons. The number of benzene rings is 2. The SMILES string of the molecule is OC(Cc1cc(Cl)ccc1Cl)c1cccc(F)c1. The van der Waals surface area contributed by atoms with Crippen LogP contribution in [0.5, 0.6) is 0 Å². The summed E-state index contributed by atoms with van der Waals surface area (Å²) >= 11 is 11.9. The Balaban J connectivity index is 2.21. The molecule has 0 heterocycles. The van der Waals surface area contributed by atoms with Crippen LogP contribution in [0.4, 0.5) is 4.39 Å². The average molecular weight is 285 g/mol. The summed E-state index contributed by atoms with van der Waals surface area (Å²) in [6.45, 7) is 0. The largest absolute Gasteiger partial charge is 0.388 e. The van der Waals surface area contributed by atoms with Crippen LogP contribution in [0.15, 0.2) is 42.5 Å². The molecule has 1 nitrogen and oxygen atoms in total. The lowest BCUT2D eigenvalue weighted by molar-refractivity contribution is 0.178. The molecular weight excluding hydrogens is 274 g/mol. The minimum absolute atomic E-state index is 0.294. The first-order valence-corrected chi connectivity index (χ1v) is 6.19. The van der Waals surface area contributed by atoms with Gasteiger partial charge in [-0.25, -0.2) is 4.39 Å². The second-order valence-electron chi connectivity index (χ2n) is 4.01. The quantitative estimate of drug-likeness (QED) is 0.885. The van der Waals surface area contributed by atoms with Crippen molar-refractivity contribution in [2.75, 3.05) is 0 Å². The highest BCUT2D eigenvalue weighted by Crippen LogP contribution is 2.26. The van der Waals surface area contributed by atoms with Crippen LogP contribution in [0, 0.1) is 5.82 Å². The molecule has 0 fully saturated rings. The van der Waals surface area contributed by atoms with Gasteiger partial charge in [0.1, 0.15) is 5.82 Å². The fourth-order valence-corrected chi connectivity index (χ4v) is 2.13. The van der Waals surface area contributed by atoms with Crippen molar-refractivity contribution in [2.24, 2.45) is 0 Å². The molecule has 0 aliphatic rings. The van der Waals surface area contributed by atoms with Gasteiger partial charge in [-0.05, 0) is 41.5 Å². The second kappa shape index (κ2) is 5.70. The average Bonchev–Trinajstić information content (AvgIpc) is 2.34. The predicted octanol–water partition coefficient (Wildman–Crippen LogP) is 4.41. The van der Waals surface area contributed by atoms with E-state index in [9.17, 15) is 9.50 Å². The maximum Gasteiger partial charge on any atom is 0.123 e. The molecule has 94 valence electrons. The zero-order valence-electron chi connectivity index (χ0n) is 9.41. The maximum absolute atomic E-state index is 13.1.